The predicted molar refractivity (Wildman–Crippen MR) is 97.8 cm³/mol. The van der Waals surface area contributed by atoms with Gasteiger partial charge in [0.15, 0.2) is 0 Å². The van der Waals surface area contributed by atoms with Gasteiger partial charge in [0.25, 0.3) is 5.91 Å². The number of hydrogen-bond acceptors (Lipinski definition) is 4. The second-order valence-corrected chi connectivity index (χ2v) is 7.74. The highest BCUT2D eigenvalue weighted by atomic mass is 32.1. The maximum Gasteiger partial charge on any atom is 0.308 e. The minimum absolute atomic E-state index is 0.231. The number of benzene rings is 1. The van der Waals surface area contributed by atoms with Gasteiger partial charge in [-0.15, -0.1) is 11.3 Å². The molecule has 0 saturated heterocycles. The Bertz CT molecular complexity index is 801. The van der Waals surface area contributed by atoms with Gasteiger partial charge in [-0.05, 0) is 38.8 Å². The van der Waals surface area contributed by atoms with Gasteiger partial charge in [0.2, 0.25) is 0 Å². The Hall–Kier alpha value is -2.21. The number of rotatable bonds is 4. The summed E-state index contributed by atoms with van der Waals surface area (Å²) in [6, 6.07) is 7.33. The van der Waals surface area contributed by atoms with Gasteiger partial charge in [-0.2, -0.15) is 0 Å². The number of nitrogens with zero attached hydrogens (tertiary/aromatic N) is 1. The second kappa shape index (κ2) is 6.96. The molecule has 2 unspecified atom stereocenters. The van der Waals surface area contributed by atoms with E-state index in [2.05, 4.69) is 10.3 Å². The zero-order chi connectivity index (χ0) is 18.0. The van der Waals surface area contributed by atoms with E-state index in [1.54, 1.807) is 17.4 Å². The zero-order valence-corrected chi connectivity index (χ0v) is 15.2. The largest absolute Gasteiger partial charge is 0.481 e. The third-order valence-corrected chi connectivity index (χ3v) is 5.91. The lowest BCUT2D eigenvalue weighted by Crippen LogP contribution is -2.55. The number of nitrogens with one attached hydrogen (secondary N) is 1. The van der Waals surface area contributed by atoms with Crippen LogP contribution in [0.15, 0.2) is 29.6 Å². The molecule has 2 atom stereocenters. The van der Waals surface area contributed by atoms with Crippen LogP contribution in [0.25, 0.3) is 10.6 Å². The molecule has 1 aliphatic rings. The second-order valence-electron chi connectivity index (χ2n) is 6.88. The SMILES string of the molecule is Cc1csc(-c2cccc(C(=O)NC3(C)CCCCC3C(=O)O)c2)n1. The topological polar surface area (TPSA) is 79.3 Å². The van der Waals surface area contributed by atoms with Gasteiger partial charge >= 0.3 is 5.97 Å². The maximum absolute atomic E-state index is 12.8. The summed E-state index contributed by atoms with van der Waals surface area (Å²) in [5, 5.41) is 15.3. The first-order chi connectivity index (χ1) is 11.9. The lowest BCUT2D eigenvalue weighted by atomic mass is 9.73. The molecule has 6 heteroatoms. The standard InChI is InChI=1S/C19H22N2O3S/c1-12-11-25-17(20-12)14-7-5-6-13(10-14)16(22)21-19(2)9-4-3-8-15(19)18(23)24/h5-7,10-11,15H,3-4,8-9H2,1-2H3,(H,21,22)(H,23,24). The van der Waals surface area contributed by atoms with E-state index in [0.29, 0.717) is 18.4 Å². The zero-order valence-electron chi connectivity index (χ0n) is 14.4. The summed E-state index contributed by atoms with van der Waals surface area (Å²) in [5.74, 6) is -1.62. The number of carboxylic acids is 1. The summed E-state index contributed by atoms with van der Waals surface area (Å²) < 4.78 is 0. The van der Waals surface area contributed by atoms with Crippen LogP contribution in [0.1, 0.15) is 48.7 Å². The molecule has 1 aliphatic carbocycles. The fourth-order valence-electron chi connectivity index (χ4n) is 3.49. The Labute approximate surface area is 151 Å². The number of thiazole rings is 1. The summed E-state index contributed by atoms with van der Waals surface area (Å²) in [6.07, 6.45) is 3.10. The monoisotopic (exact) mass is 358 g/mol. The van der Waals surface area contributed by atoms with Gasteiger partial charge in [0, 0.05) is 22.2 Å². The molecular weight excluding hydrogens is 336 g/mol. The molecule has 1 aromatic heterocycles. The van der Waals surface area contributed by atoms with Gasteiger partial charge < -0.3 is 10.4 Å². The first kappa shape index (κ1) is 17.6. The fourth-order valence-corrected chi connectivity index (χ4v) is 4.29. The summed E-state index contributed by atoms with van der Waals surface area (Å²) >= 11 is 1.54. The number of carbonyl (C=O) groups excluding carboxylic acids is 1. The lowest BCUT2D eigenvalue weighted by molar-refractivity contribution is -0.145. The molecule has 0 bridgehead atoms. The maximum atomic E-state index is 12.8. The third-order valence-electron chi connectivity index (χ3n) is 4.90. The summed E-state index contributed by atoms with van der Waals surface area (Å²) in [6.45, 7) is 3.78. The van der Waals surface area contributed by atoms with Crippen molar-refractivity contribution in [3.8, 4) is 10.6 Å². The van der Waals surface area contributed by atoms with Crippen molar-refractivity contribution in [2.24, 2.45) is 5.92 Å². The van der Waals surface area contributed by atoms with Gasteiger partial charge in [-0.1, -0.05) is 25.0 Å². The Kier molecular flexibility index (Phi) is 4.90. The van der Waals surface area contributed by atoms with Crippen LogP contribution < -0.4 is 5.32 Å². The fraction of sp³-hybridized carbons (Fsp3) is 0.421. The summed E-state index contributed by atoms with van der Waals surface area (Å²) in [5.41, 5.74) is 1.67. The van der Waals surface area contributed by atoms with E-state index in [1.807, 2.05) is 37.4 Å². The van der Waals surface area contributed by atoms with E-state index >= 15 is 0 Å². The number of amides is 1. The molecule has 1 saturated carbocycles. The van der Waals surface area contributed by atoms with Gasteiger partial charge in [-0.25, -0.2) is 4.98 Å². The van der Waals surface area contributed by atoms with E-state index in [0.717, 1.165) is 29.1 Å². The number of aromatic nitrogens is 1. The molecule has 1 aromatic carbocycles. The van der Waals surface area contributed by atoms with Crippen molar-refractivity contribution < 1.29 is 14.7 Å². The molecule has 2 N–H and O–H groups in total. The number of aryl methyl sites for hydroxylation is 1. The Morgan fingerprint density at radius 2 is 2.16 bits per heavy atom. The van der Waals surface area contributed by atoms with Crippen molar-refractivity contribution in [1.82, 2.24) is 10.3 Å². The van der Waals surface area contributed by atoms with Crippen LogP contribution in [0.2, 0.25) is 0 Å². The molecule has 25 heavy (non-hydrogen) atoms. The average molecular weight is 358 g/mol. The smallest absolute Gasteiger partial charge is 0.308 e. The van der Waals surface area contributed by atoms with Crippen molar-refractivity contribution in [2.45, 2.75) is 45.1 Å². The van der Waals surface area contributed by atoms with Gasteiger partial charge in [0.1, 0.15) is 5.01 Å². The van der Waals surface area contributed by atoms with E-state index in [-0.39, 0.29) is 5.91 Å². The van der Waals surface area contributed by atoms with Crippen molar-refractivity contribution in [2.75, 3.05) is 0 Å². The van der Waals surface area contributed by atoms with E-state index < -0.39 is 17.4 Å². The molecule has 0 aliphatic heterocycles. The quantitative estimate of drug-likeness (QED) is 0.869. The summed E-state index contributed by atoms with van der Waals surface area (Å²) in [4.78, 5) is 28.8. The van der Waals surface area contributed by atoms with E-state index in [9.17, 15) is 14.7 Å². The predicted octanol–water partition coefficient (Wildman–Crippen LogP) is 3.88. The van der Waals surface area contributed by atoms with Crippen molar-refractivity contribution in [3.05, 3.63) is 40.9 Å². The molecule has 1 heterocycles. The molecule has 5 nitrogen and oxygen atoms in total. The van der Waals surface area contributed by atoms with Crippen LogP contribution in [0.3, 0.4) is 0 Å². The van der Waals surface area contributed by atoms with Crippen LogP contribution in [-0.4, -0.2) is 27.5 Å². The highest BCUT2D eigenvalue weighted by Crippen LogP contribution is 2.34. The molecule has 1 fully saturated rings. The minimum atomic E-state index is -0.838. The van der Waals surface area contributed by atoms with E-state index in [4.69, 9.17) is 0 Å². The minimum Gasteiger partial charge on any atom is -0.481 e. The molecule has 132 valence electrons. The normalized spacial score (nSPS) is 23.2. The van der Waals surface area contributed by atoms with Gasteiger partial charge in [-0.3, -0.25) is 9.59 Å². The van der Waals surface area contributed by atoms with Crippen LogP contribution in [0.4, 0.5) is 0 Å². The van der Waals surface area contributed by atoms with Crippen molar-refractivity contribution >= 4 is 23.2 Å². The van der Waals surface area contributed by atoms with Crippen LogP contribution >= 0.6 is 11.3 Å². The number of carbonyl (C=O) groups is 2. The number of carboxylic acid groups (broad SMARTS) is 1. The van der Waals surface area contributed by atoms with Crippen molar-refractivity contribution in [1.29, 1.82) is 0 Å². The van der Waals surface area contributed by atoms with E-state index in [1.165, 1.54) is 0 Å². The van der Waals surface area contributed by atoms with Crippen LogP contribution in [-0.2, 0) is 4.79 Å². The Balaban J connectivity index is 1.82. The first-order valence-corrected chi connectivity index (χ1v) is 9.35. The highest BCUT2D eigenvalue weighted by Gasteiger charge is 2.42. The first-order valence-electron chi connectivity index (χ1n) is 8.47. The van der Waals surface area contributed by atoms with Gasteiger partial charge in [0.05, 0.1) is 11.5 Å². The Morgan fingerprint density at radius 3 is 2.84 bits per heavy atom. The molecule has 2 aromatic rings. The average Bonchev–Trinajstić information content (AvgIpc) is 3.01. The molecule has 3 rings (SSSR count). The lowest BCUT2D eigenvalue weighted by Gasteiger charge is -2.39. The molecule has 1 amide bonds. The van der Waals surface area contributed by atoms with Crippen LogP contribution in [0.5, 0.6) is 0 Å². The molecule has 0 radical (unpaired) electrons. The number of aliphatic carboxylic acids is 1. The third kappa shape index (κ3) is 3.74. The number of hydrogen-bond donors (Lipinski definition) is 2. The van der Waals surface area contributed by atoms with Crippen molar-refractivity contribution in [3.63, 3.8) is 0 Å². The van der Waals surface area contributed by atoms with Crippen LogP contribution in [0, 0.1) is 12.8 Å². The summed E-state index contributed by atoms with van der Waals surface area (Å²) in [7, 11) is 0. The molecular formula is C19H22N2O3S. The highest BCUT2D eigenvalue weighted by molar-refractivity contribution is 7.13. The molecule has 0 spiro atoms. The Morgan fingerprint density at radius 1 is 1.36 bits per heavy atom.